The van der Waals surface area contributed by atoms with Crippen LogP contribution in [0.15, 0.2) is 18.2 Å². The average Bonchev–Trinajstić information content (AvgIpc) is 2.50. The summed E-state index contributed by atoms with van der Waals surface area (Å²) in [6, 6.07) is 4.54. The minimum Gasteiger partial charge on any atom is -0.491 e. The van der Waals surface area contributed by atoms with Crippen LogP contribution in [0.25, 0.3) is 0 Å². The zero-order valence-electron chi connectivity index (χ0n) is 14.6. The van der Waals surface area contributed by atoms with Gasteiger partial charge in [-0.2, -0.15) is 0 Å². The number of hydrogen-bond donors (Lipinski definition) is 2. The van der Waals surface area contributed by atoms with Gasteiger partial charge in [-0.05, 0) is 63.7 Å². The molecule has 1 heterocycles. The van der Waals surface area contributed by atoms with Gasteiger partial charge in [0.25, 0.3) is 0 Å². The van der Waals surface area contributed by atoms with Crippen molar-refractivity contribution in [1.29, 1.82) is 0 Å². The molecule has 2 unspecified atom stereocenters. The Morgan fingerprint density at radius 2 is 2.17 bits per heavy atom. The molecule has 1 aromatic carbocycles. The van der Waals surface area contributed by atoms with E-state index in [1.54, 1.807) is 12.1 Å². The summed E-state index contributed by atoms with van der Waals surface area (Å²) in [6.07, 6.45) is 2.70. The van der Waals surface area contributed by atoms with Crippen molar-refractivity contribution in [2.75, 3.05) is 18.4 Å². The van der Waals surface area contributed by atoms with E-state index >= 15 is 0 Å². The molecule has 0 bridgehead atoms. The number of piperidine rings is 1. The standard InChI is InChI=1S/C18H27FN2O2.ClH/c1-12(2)23-15-6-7-17(16(19)10-15)21-18(22)9-13(3)14-5-4-8-20-11-14;/h6-7,10,12-14,20H,4-5,8-9,11H2,1-3H3,(H,21,22);1H. The fourth-order valence-corrected chi connectivity index (χ4v) is 2.97. The number of halogens is 2. The van der Waals surface area contributed by atoms with Crippen molar-refractivity contribution in [2.24, 2.45) is 11.8 Å². The minimum atomic E-state index is -0.469. The van der Waals surface area contributed by atoms with Crippen molar-refractivity contribution in [1.82, 2.24) is 5.32 Å². The van der Waals surface area contributed by atoms with E-state index < -0.39 is 5.82 Å². The van der Waals surface area contributed by atoms with Crippen LogP contribution in [-0.4, -0.2) is 25.1 Å². The summed E-state index contributed by atoms with van der Waals surface area (Å²) in [5, 5.41) is 6.03. The molecule has 4 nitrogen and oxygen atoms in total. The number of hydrogen-bond acceptors (Lipinski definition) is 3. The maximum atomic E-state index is 14.0. The number of ether oxygens (including phenoxy) is 1. The normalized spacial score (nSPS) is 18.6. The number of carbonyl (C=O) groups is 1. The van der Waals surface area contributed by atoms with Crippen LogP contribution >= 0.6 is 12.4 Å². The second-order valence-corrected chi connectivity index (χ2v) is 6.64. The highest BCUT2D eigenvalue weighted by Crippen LogP contribution is 2.25. The summed E-state index contributed by atoms with van der Waals surface area (Å²) in [4.78, 5) is 12.2. The molecule has 1 aliphatic heterocycles. The lowest BCUT2D eigenvalue weighted by molar-refractivity contribution is -0.117. The molecular weight excluding hydrogens is 331 g/mol. The summed E-state index contributed by atoms with van der Waals surface area (Å²) in [5.41, 5.74) is 0.208. The lowest BCUT2D eigenvalue weighted by Crippen LogP contribution is -2.34. The molecule has 1 aromatic rings. The Kier molecular flexibility index (Phi) is 8.50. The van der Waals surface area contributed by atoms with Crippen LogP contribution in [0.4, 0.5) is 10.1 Å². The summed E-state index contributed by atoms with van der Waals surface area (Å²) in [6.45, 7) is 7.88. The average molecular weight is 359 g/mol. The zero-order chi connectivity index (χ0) is 16.8. The summed E-state index contributed by atoms with van der Waals surface area (Å²) >= 11 is 0. The molecule has 1 fully saturated rings. The Morgan fingerprint density at radius 3 is 2.75 bits per heavy atom. The highest BCUT2D eigenvalue weighted by atomic mass is 35.5. The first-order chi connectivity index (χ1) is 11.0. The van der Waals surface area contributed by atoms with E-state index in [4.69, 9.17) is 4.74 Å². The van der Waals surface area contributed by atoms with Crippen LogP contribution in [-0.2, 0) is 4.79 Å². The Labute approximate surface area is 149 Å². The van der Waals surface area contributed by atoms with Gasteiger partial charge in [0.05, 0.1) is 11.8 Å². The van der Waals surface area contributed by atoms with Gasteiger partial charge in [0, 0.05) is 12.5 Å². The number of rotatable bonds is 6. The Morgan fingerprint density at radius 1 is 1.42 bits per heavy atom. The molecule has 2 N–H and O–H groups in total. The fraction of sp³-hybridized carbons (Fsp3) is 0.611. The largest absolute Gasteiger partial charge is 0.491 e. The van der Waals surface area contributed by atoms with Crippen molar-refractivity contribution in [3.8, 4) is 5.75 Å². The van der Waals surface area contributed by atoms with Crippen LogP contribution in [0.2, 0.25) is 0 Å². The molecule has 1 saturated heterocycles. The first-order valence-electron chi connectivity index (χ1n) is 8.42. The molecular formula is C18H28ClFN2O2. The van der Waals surface area contributed by atoms with E-state index in [0.29, 0.717) is 18.1 Å². The molecule has 1 amide bonds. The topological polar surface area (TPSA) is 50.4 Å². The molecule has 2 rings (SSSR count). The summed E-state index contributed by atoms with van der Waals surface area (Å²) in [7, 11) is 0. The predicted molar refractivity (Wildman–Crippen MR) is 97.4 cm³/mol. The van der Waals surface area contributed by atoms with E-state index in [0.717, 1.165) is 25.9 Å². The third-order valence-electron chi connectivity index (χ3n) is 4.23. The van der Waals surface area contributed by atoms with Crippen LogP contribution in [0, 0.1) is 17.7 Å². The van der Waals surface area contributed by atoms with Gasteiger partial charge in [0.2, 0.25) is 5.91 Å². The molecule has 0 aromatic heterocycles. The van der Waals surface area contributed by atoms with Gasteiger partial charge in [-0.3, -0.25) is 4.79 Å². The third-order valence-corrected chi connectivity index (χ3v) is 4.23. The SMILES string of the molecule is CC(C)Oc1ccc(NC(=O)CC(C)C2CCCNC2)c(F)c1.Cl. The van der Waals surface area contributed by atoms with Crippen LogP contribution in [0.5, 0.6) is 5.75 Å². The van der Waals surface area contributed by atoms with Crippen molar-refractivity contribution < 1.29 is 13.9 Å². The van der Waals surface area contributed by atoms with Gasteiger partial charge in [0.15, 0.2) is 0 Å². The monoisotopic (exact) mass is 358 g/mol. The number of anilines is 1. The number of carbonyl (C=O) groups excluding carboxylic acids is 1. The Bertz CT molecular complexity index is 534. The Hall–Kier alpha value is -1.33. The number of amides is 1. The molecule has 136 valence electrons. The van der Waals surface area contributed by atoms with Crippen LogP contribution in [0.3, 0.4) is 0 Å². The number of benzene rings is 1. The van der Waals surface area contributed by atoms with Gasteiger partial charge >= 0.3 is 0 Å². The minimum absolute atomic E-state index is 0. The second kappa shape index (κ2) is 9.84. The Balaban J connectivity index is 0.00000288. The van der Waals surface area contributed by atoms with E-state index in [1.807, 2.05) is 13.8 Å². The number of nitrogens with one attached hydrogen (secondary N) is 2. The van der Waals surface area contributed by atoms with Crippen LogP contribution in [0.1, 0.15) is 40.0 Å². The van der Waals surface area contributed by atoms with Gasteiger partial charge in [0.1, 0.15) is 11.6 Å². The fourth-order valence-electron chi connectivity index (χ4n) is 2.97. The smallest absolute Gasteiger partial charge is 0.224 e. The van der Waals surface area contributed by atoms with Crippen molar-refractivity contribution in [3.05, 3.63) is 24.0 Å². The highest BCUT2D eigenvalue weighted by molar-refractivity contribution is 5.91. The van der Waals surface area contributed by atoms with Gasteiger partial charge in [-0.15, -0.1) is 12.4 Å². The van der Waals surface area contributed by atoms with E-state index in [2.05, 4.69) is 17.6 Å². The molecule has 24 heavy (non-hydrogen) atoms. The van der Waals surface area contributed by atoms with Crippen molar-refractivity contribution in [2.45, 2.75) is 46.1 Å². The van der Waals surface area contributed by atoms with Crippen LogP contribution < -0.4 is 15.4 Å². The maximum Gasteiger partial charge on any atom is 0.224 e. The zero-order valence-corrected chi connectivity index (χ0v) is 15.4. The first-order valence-corrected chi connectivity index (χ1v) is 8.42. The summed E-state index contributed by atoms with van der Waals surface area (Å²) < 4.78 is 19.5. The molecule has 6 heteroatoms. The summed E-state index contributed by atoms with van der Waals surface area (Å²) in [5.74, 6) is 0.663. The van der Waals surface area contributed by atoms with Gasteiger partial charge in [-0.25, -0.2) is 4.39 Å². The van der Waals surface area contributed by atoms with Gasteiger partial charge in [-0.1, -0.05) is 6.92 Å². The first kappa shape index (κ1) is 20.7. The molecule has 0 aliphatic carbocycles. The van der Waals surface area contributed by atoms with E-state index in [9.17, 15) is 9.18 Å². The third kappa shape index (κ3) is 6.29. The van der Waals surface area contributed by atoms with Gasteiger partial charge < -0.3 is 15.4 Å². The molecule has 0 saturated carbocycles. The highest BCUT2D eigenvalue weighted by Gasteiger charge is 2.22. The maximum absolute atomic E-state index is 14.0. The molecule has 0 radical (unpaired) electrons. The second-order valence-electron chi connectivity index (χ2n) is 6.64. The molecule has 2 atom stereocenters. The molecule has 1 aliphatic rings. The molecule has 0 spiro atoms. The van der Waals surface area contributed by atoms with Crippen molar-refractivity contribution in [3.63, 3.8) is 0 Å². The quantitative estimate of drug-likeness (QED) is 0.808. The van der Waals surface area contributed by atoms with E-state index in [1.165, 1.54) is 6.07 Å². The predicted octanol–water partition coefficient (Wildman–Crippen LogP) is 4.00. The lowest BCUT2D eigenvalue weighted by atomic mass is 9.85. The van der Waals surface area contributed by atoms with E-state index in [-0.39, 0.29) is 36.0 Å². The lowest BCUT2D eigenvalue weighted by Gasteiger charge is -2.28. The van der Waals surface area contributed by atoms with Crippen molar-refractivity contribution >= 4 is 24.0 Å².